The second kappa shape index (κ2) is 8.62. The fourth-order valence-corrected chi connectivity index (χ4v) is 3.58. The highest BCUT2D eigenvalue weighted by Crippen LogP contribution is 2.24. The summed E-state index contributed by atoms with van der Waals surface area (Å²) in [5.41, 5.74) is 3.09. The second-order valence-corrected chi connectivity index (χ2v) is 7.39. The molecule has 1 amide bonds. The molecular formula is C18H32N4O2. The van der Waals surface area contributed by atoms with Gasteiger partial charge in [-0.3, -0.25) is 9.89 Å². The highest BCUT2D eigenvalue weighted by atomic mass is 16.3. The summed E-state index contributed by atoms with van der Waals surface area (Å²) in [5, 5.41) is 20.2. The highest BCUT2D eigenvalue weighted by molar-refractivity contribution is 5.76. The third-order valence-corrected chi connectivity index (χ3v) is 5.05. The van der Waals surface area contributed by atoms with Crippen LogP contribution in [0.4, 0.5) is 0 Å². The molecule has 1 aromatic rings. The third-order valence-electron chi connectivity index (χ3n) is 5.05. The molecule has 0 radical (unpaired) electrons. The number of aliphatic hydroxyl groups is 1. The van der Waals surface area contributed by atoms with Crippen molar-refractivity contribution in [3.63, 3.8) is 0 Å². The Kier molecular flexibility index (Phi) is 6.80. The van der Waals surface area contributed by atoms with E-state index in [-0.39, 0.29) is 11.8 Å². The van der Waals surface area contributed by atoms with Crippen LogP contribution in [0.15, 0.2) is 0 Å². The monoisotopic (exact) mass is 336 g/mol. The summed E-state index contributed by atoms with van der Waals surface area (Å²) in [4.78, 5) is 14.4. The Morgan fingerprint density at radius 2 is 2.08 bits per heavy atom. The van der Waals surface area contributed by atoms with Crippen LogP contribution in [0.25, 0.3) is 0 Å². The molecule has 0 saturated carbocycles. The SMILES string of the molecule is Cc1n[nH]c(C)c1C(C)CC(=O)NCC(O)CN1CCC(C)CC1. The number of nitrogens with zero attached hydrogens (tertiary/aromatic N) is 2. The molecule has 1 aromatic heterocycles. The van der Waals surface area contributed by atoms with Crippen molar-refractivity contribution >= 4 is 5.91 Å². The topological polar surface area (TPSA) is 81.2 Å². The van der Waals surface area contributed by atoms with Crippen molar-refractivity contribution in [1.29, 1.82) is 0 Å². The molecule has 0 aliphatic carbocycles. The summed E-state index contributed by atoms with van der Waals surface area (Å²) >= 11 is 0. The van der Waals surface area contributed by atoms with Gasteiger partial charge in [0.05, 0.1) is 11.8 Å². The minimum atomic E-state index is -0.505. The fourth-order valence-electron chi connectivity index (χ4n) is 3.58. The number of aliphatic hydroxyl groups excluding tert-OH is 1. The summed E-state index contributed by atoms with van der Waals surface area (Å²) in [6.07, 6.45) is 2.30. The van der Waals surface area contributed by atoms with E-state index in [0.717, 1.165) is 36.0 Å². The Balaban J connectivity index is 1.70. The zero-order chi connectivity index (χ0) is 17.7. The van der Waals surface area contributed by atoms with Gasteiger partial charge in [-0.05, 0) is 57.2 Å². The average Bonchev–Trinajstić information content (AvgIpc) is 2.86. The number of nitrogens with one attached hydrogen (secondary N) is 2. The van der Waals surface area contributed by atoms with E-state index in [1.54, 1.807) is 0 Å². The predicted octanol–water partition coefficient (Wildman–Crippen LogP) is 1.73. The van der Waals surface area contributed by atoms with Crippen LogP contribution in [-0.2, 0) is 4.79 Å². The average molecular weight is 336 g/mol. The number of likely N-dealkylation sites (tertiary alicyclic amines) is 1. The van der Waals surface area contributed by atoms with Gasteiger partial charge in [-0.25, -0.2) is 0 Å². The number of hydrogen-bond acceptors (Lipinski definition) is 4. The first-order valence-electron chi connectivity index (χ1n) is 9.05. The maximum absolute atomic E-state index is 12.1. The third kappa shape index (κ3) is 5.31. The van der Waals surface area contributed by atoms with E-state index < -0.39 is 6.10 Å². The van der Waals surface area contributed by atoms with E-state index in [4.69, 9.17) is 0 Å². The van der Waals surface area contributed by atoms with Gasteiger partial charge in [0.1, 0.15) is 0 Å². The van der Waals surface area contributed by atoms with Crippen molar-refractivity contribution in [1.82, 2.24) is 20.4 Å². The highest BCUT2D eigenvalue weighted by Gasteiger charge is 2.20. The Labute approximate surface area is 145 Å². The normalized spacial score (nSPS) is 19.2. The van der Waals surface area contributed by atoms with Crippen molar-refractivity contribution in [2.75, 3.05) is 26.2 Å². The number of H-pyrrole nitrogens is 1. The Hall–Kier alpha value is -1.40. The molecule has 3 N–H and O–H groups in total. The van der Waals surface area contributed by atoms with Gasteiger partial charge >= 0.3 is 0 Å². The van der Waals surface area contributed by atoms with Gasteiger partial charge in [-0.15, -0.1) is 0 Å². The molecule has 24 heavy (non-hydrogen) atoms. The fraction of sp³-hybridized carbons (Fsp3) is 0.778. The number of amides is 1. The molecule has 1 aliphatic heterocycles. The van der Waals surface area contributed by atoms with E-state index >= 15 is 0 Å². The van der Waals surface area contributed by atoms with Crippen LogP contribution in [0.1, 0.15) is 56.0 Å². The van der Waals surface area contributed by atoms with Gasteiger partial charge in [0.15, 0.2) is 0 Å². The van der Waals surface area contributed by atoms with Crippen molar-refractivity contribution < 1.29 is 9.90 Å². The molecule has 2 rings (SSSR count). The first-order chi connectivity index (χ1) is 11.4. The van der Waals surface area contributed by atoms with Crippen LogP contribution in [0.3, 0.4) is 0 Å². The molecule has 6 heteroatoms. The molecule has 6 nitrogen and oxygen atoms in total. The molecule has 2 heterocycles. The molecular weight excluding hydrogens is 304 g/mol. The number of carbonyl (C=O) groups is 1. The molecule has 0 aromatic carbocycles. The number of hydrogen-bond donors (Lipinski definition) is 3. The van der Waals surface area contributed by atoms with Crippen LogP contribution in [0.2, 0.25) is 0 Å². The smallest absolute Gasteiger partial charge is 0.220 e. The van der Waals surface area contributed by atoms with E-state index in [2.05, 4.69) is 27.3 Å². The van der Waals surface area contributed by atoms with E-state index in [1.807, 2.05) is 20.8 Å². The van der Waals surface area contributed by atoms with Crippen LogP contribution in [-0.4, -0.2) is 58.4 Å². The predicted molar refractivity (Wildman–Crippen MR) is 94.9 cm³/mol. The van der Waals surface area contributed by atoms with E-state index in [1.165, 1.54) is 12.8 Å². The number of aryl methyl sites for hydroxylation is 2. The summed E-state index contributed by atoms with van der Waals surface area (Å²) in [6.45, 7) is 11.3. The number of β-amino-alcohol motifs (C(OH)–C–C–N with tert-alkyl or cyclic N) is 1. The summed E-state index contributed by atoms with van der Waals surface area (Å²) < 4.78 is 0. The molecule has 1 aliphatic rings. The molecule has 2 atom stereocenters. The van der Waals surface area contributed by atoms with Gasteiger partial charge in [0, 0.05) is 25.2 Å². The van der Waals surface area contributed by atoms with Gasteiger partial charge in [0.25, 0.3) is 0 Å². The van der Waals surface area contributed by atoms with Crippen LogP contribution in [0.5, 0.6) is 0 Å². The Bertz CT molecular complexity index is 516. The molecule has 1 saturated heterocycles. The van der Waals surface area contributed by atoms with E-state index in [0.29, 0.717) is 19.5 Å². The van der Waals surface area contributed by atoms with Crippen molar-refractivity contribution in [3.8, 4) is 0 Å². The van der Waals surface area contributed by atoms with Gasteiger partial charge in [-0.2, -0.15) is 5.10 Å². The lowest BCUT2D eigenvalue weighted by atomic mass is 9.95. The summed E-state index contributed by atoms with van der Waals surface area (Å²) in [6, 6.07) is 0. The molecule has 0 bridgehead atoms. The lowest BCUT2D eigenvalue weighted by Gasteiger charge is -2.31. The zero-order valence-corrected chi connectivity index (χ0v) is 15.4. The first kappa shape index (κ1) is 18.9. The van der Waals surface area contributed by atoms with Crippen LogP contribution >= 0.6 is 0 Å². The number of aromatic amines is 1. The summed E-state index contributed by atoms with van der Waals surface area (Å²) in [7, 11) is 0. The number of rotatable bonds is 7. The summed E-state index contributed by atoms with van der Waals surface area (Å²) in [5.74, 6) is 0.882. The van der Waals surface area contributed by atoms with Gasteiger partial charge < -0.3 is 15.3 Å². The maximum Gasteiger partial charge on any atom is 0.220 e. The maximum atomic E-state index is 12.1. The Morgan fingerprint density at radius 3 is 2.67 bits per heavy atom. The molecule has 2 unspecified atom stereocenters. The largest absolute Gasteiger partial charge is 0.390 e. The van der Waals surface area contributed by atoms with Crippen molar-refractivity contribution in [3.05, 3.63) is 17.0 Å². The number of piperidine rings is 1. The standard InChI is InChI=1S/C18H32N4O2/c1-12-5-7-22(8-6-12)11-16(23)10-19-17(24)9-13(2)18-14(3)20-21-15(18)4/h12-13,16,23H,5-11H2,1-4H3,(H,19,24)(H,20,21). The first-order valence-corrected chi connectivity index (χ1v) is 9.05. The van der Waals surface area contributed by atoms with Crippen molar-refractivity contribution in [2.24, 2.45) is 5.92 Å². The zero-order valence-electron chi connectivity index (χ0n) is 15.4. The minimum absolute atomic E-state index is 0.0196. The second-order valence-electron chi connectivity index (χ2n) is 7.39. The van der Waals surface area contributed by atoms with Crippen molar-refractivity contribution in [2.45, 2.75) is 59.0 Å². The van der Waals surface area contributed by atoms with Gasteiger partial charge in [-0.1, -0.05) is 13.8 Å². The quantitative estimate of drug-likeness (QED) is 0.708. The minimum Gasteiger partial charge on any atom is -0.390 e. The van der Waals surface area contributed by atoms with Crippen LogP contribution in [0, 0.1) is 19.8 Å². The lowest BCUT2D eigenvalue weighted by molar-refractivity contribution is -0.121. The molecule has 1 fully saturated rings. The molecule has 136 valence electrons. The van der Waals surface area contributed by atoms with E-state index in [9.17, 15) is 9.90 Å². The van der Waals surface area contributed by atoms with Gasteiger partial charge in [0.2, 0.25) is 5.91 Å². The Morgan fingerprint density at radius 1 is 1.42 bits per heavy atom. The number of carbonyl (C=O) groups excluding carboxylic acids is 1. The number of aromatic nitrogens is 2. The molecule has 0 spiro atoms. The lowest BCUT2D eigenvalue weighted by Crippen LogP contribution is -2.43. The van der Waals surface area contributed by atoms with Crippen LogP contribution < -0.4 is 5.32 Å².